The molecule has 2 atom stereocenters. The molecule has 0 spiro atoms. The van der Waals surface area contributed by atoms with Crippen LogP contribution in [0.4, 0.5) is 0 Å². The molecule has 3 heterocycles. The minimum atomic E-state index is -0.330. The van der Waals surface area contributed by atoms with Crippen LogP contribution >= 0.6 is 0 Å². The van der Waals surface area contributed by atoms with E-state index in [4.69, 9.17) is 4.42 Å². The third-order valence-corrected chi connectivity index (χ3v) is 3.68. The Morgan fingerprint density at radius 3 is 3.14 bits per heavy atom. The van der Waals surface area contributed by atoms with Crippen molar-refractivity contribution in [3.05, 3.63) is 18.4 Å². The van der Waals surface area contributed by atoms with Crippen molar-refractivity contribution in [3.63, 3.8) is 0 Å². The molecule has 0 aliphatic carbocycles. The standard InChI is InChI=1S/C13H17N5O3/c1-9-7-17(5-4-10(9)19)12(20)8-18-15-13(14-16-18)11-3-2-6-21-11/h2-3,6,9-10,19H,4-5,7-8H2,1H3. The molecule has 1 N–H and O–H groups in total. The SMILES string of the molecule is CC1CN(C(=O)Cn2nnc(-c3ccco3)n2)CCC1O. The van der Waals surface area contributed by atoms with Crippen molar-refractivity contribution >= 4 is 5.91 Å². The van der Waals surface area contributed by atoms with E-state index in [0.29, 0.717) is 31.1 Å². The zero-order valence-electron chi connectivity index (χ0n) is 11.7. The van der Waals surface area contributed by atoms with E-state index in [1.807, 2.05) is 6.92 Å². The number of amides is 1. The highest BCUT2D eigenvalue weighted by Gasteiger charge is 2.27. The smallest absolute Gasteiger partial charge is 0.246 e. The first-order valence-corrected chi connectivity index (χ1v) is 6.91. The monoisotopic (exact) mass is 291 g/mol. The van der Waals surface area contributed by atoms with Crippen molar-refractivity contribution in [1.82, 2.24) is 25.1 Å². The fourth-order valence-electron chi connectivity index (χ4n) is 2.40. The fraction of sp³-hybridized carbons (Fsp3) is 0.538. The van der Waals surface area contributed by atoms with Gasteiger partial charge in [-0.3, -0.25) is 4.79 Å². The lowest BCUT2D eigenvalue weighted by Gasteiger charge is -2.34. The van der Waals surface area contributed by atoms with Crippen LogP contribution in [0.5, 0.6) is 0 Å². The van der Waals surface area contributed by atoms with Crippen LogP contribution in [0, 0.1) is 5.92 Å². The second-order valence-electron chi connectivity index (χ2n) is 5.29. The molecule has 21 heavy (non-hydrogen) atoms. The molecular weight excluding hydrogens is 274 g/mol. The second kappa shape index (κ2) is 5.65. The number of nitrogens with zero attached hydrogens (tertiary/aromatic N) is 5. The van der Waals surface area contributed by atoms with Crippen LogP contribution in [0.25, 0.3) is 11.6 Å². The Kier molecular flexibility index (Phi) is 3.70. The number of carbonyl (C=O) groups is 1. The molecule has 1 amide bonds. The normalized spacial score (nSPS) is 22.5. The topological polar surface area (TPSA) is 97.3 Å². The molecule has 0 bridgehead atoms. The highest BCUT2D eigenvalue weighted by molar-refractivity contribution is 5.75. The van der Waals surface area contributed by atoms with Crippen LogP contribution in [0.15, 0.2) is 22.8 Å². The van der Waals surface area contributed by atoms with Crippen LogP contribution in [-0.2, 0) is 11.3 Å². The maximum Gasteiger partial charge on any atom is 0.246 e. The van der Waals surface area contributed by atoms with Gasteiger partial charge in [0.2, 0.25) is 11.7 Å². The number of aromatic nitrogens is 4. The average Bonchev–Trinajstić information content (AvgIpc) is 3.12. The Bertz CT molecular complexity index is 609. The number of hydrogen-bond donors (Lipinski definition) is 1. The van der Waals surface area contributed by atoms with Gasteiger partial charge in [-0.05, 0) is 29.7 Å². The molecule has 0 aromatic carbocycles. The summed E-state index contributed by atoms with van der Waals surface area (Å²) in [5.74, 6) is 0.890. The summed E-state index contributed by atoms with van der Waals surface area (Å²) in [7, 11) is 0. The van der Waals surface area contributed by atoms with Crippen LogP contribution in [0.3, 0.4) is 0 Å². The lowest BCUT2D eigenvalue weighted by Crippen LogP contribution is -2.46. The fourth-order valence-corrected chi connectivity index (χ4v) is 2.40. The number of carbonyl (C=O) groups excluding carboxylic acids is 1. The van der Waals surface area contributed by atoms with Gasteiger partial charge in [0.25, 0.3) is 0 Å². The Balaban J connectivity index is 1.63. The highest BCUT2D eigenvalue weighted by Crippen LogP contribution is 2.17. The van der Waals surface area contributed by atoms with E-state index in [2.05, 4.69) is 15.4 Å². The van der Waals surface area contributed by atoms with Gasteiger partial charge in [0, 0.05) is 13.1 Å². The van der Waals surface area contributed by atoms with Crippen molar-refractivity contribution < 1.29 is 14.3 Å². The summed E-state index contributed by atoms with van der Waals surface area (Å²) in [6, 6.07) is 3.47. The Labute approximate surface area is 121 Å². The molecule has 112 valence electrons. The molecule has 1 fully saturated rings. The largest absolute Gasteiger partial charge is 0.461 e. The summed E-state index contributed by atoms with van der Waals surface area (Å²) < 4.78 is 5.18. The quantitative estimate of drug-likeness (QED) is 0.865. The second-order valence-corrected chi connectivity index (χ2v) is 5.29. The van der Waals surface area contributed by atoms with Crippen LogP contribution in [-0.4, -0.2) is 55.3 Å². The number of aliphatic hydroxyl groups excluding tert-OH is 1. The average molecular weight is 291 g/mol. The number of tetrazole rings is 1. The zero-order chi connectivity index (χ0) is 14.8. The van der Waals surface area contributed by atoms with Gasteiger partial charge in [-0.25, -0.2) is 0 Å². The first-order chi connectivity index (χ1) is 10.1. The Morgan fingerprint density at radius 1 is 1.57 bits per heavy atom. The molecule has 2 aromatic rings. The van der Waals surface area contributed by atoms with Gasteiger partial charge in [-0.2, -0.15) is 4.80 Å². The maximum absolute atomic E-state index is 12.2. The molecule has 2 unspecified atom stereocenters. The minimum Gasteiger partial charge on any atom is -0.461 e. The van der Waals surface area contributed by atoms with E-state index in [1.165, 1.54) is 11.1 Å². The van der Waals surface area contributed by atoms with Crippen molar-refractivity contribution in [2.45, 2.75) is 26.0 Å². The third kappa shape index (κ3) is 2.94. The van der Waals surface area contributed by atoms with E-state index in [1.54, 1.807) is 17.0 Å². The molecule has 8 nitrogen and oxygen atoms in total. The molecule has 0 saturated carbocycles. The molecule has 0 radical (unpaired) electrons. The van der Waals surface area contributed by atoms with Gasteiger partial charge < -0.3 is 14.4 Å². The van der Waals surface area contributed by atoms with Gasteiger partial charge >= 0.3 is 0 Å². The minimum absolute atomic E-state index is 0.0382. The van der Waals surface area contributed by atoms with Gasteiger partial charge in [-0.1, -0.05) is 6.92 Å². The van der Waals surface area contributed by atoms with E-state index >= 15 is 0 Å². The van der Waals surface area contributed by atoms with Crippen molar-refractivity contribution in [2.75, 3.05) is 13.1 Å². The van der Waals surface area contributed by atoms with E-state index in [9.17, 15) is 9.90 Å². The number of furan rings is 1. The third-order valence-electron chi connectivity index (χ3n) is 3.68. The summed E-state index contributed by atoms with van der Waals surface area (Å²) >= 11 is 0. The number of hydrogen-bond acceptors (Lipinski definition) is 6. The molecule has 8 heteroatoms. The zero-order valence-corrected chi connectivity index (χ0v) is 11.7. The number of likely N-dealkylation sites (tertiary alicyclic amines) is 1. The predicted molar refractivity (Wildman–Crippen MR) is 71.9 cm³/mol. The maximum atomic E-state index is 12.2. The summed E-state index contributed by atoms with van der Waals surface area (Å²) in [4.78, 5) is 15.2. The summed E-state index contributed by atoms with van der Waals surface area (Å²) in [5.41, 5.74) is 0. The van der Waals surface area contributed by atoms with Crippen molar-refractivity contribution in [1.29, 1.82) is 0 Å². The van der Waals surface area contributed by atoms with Gasteiger partial charge in [0.05, 0.1) is 12.4 Å². The molecule has 2 aromatic heterocycles. The molecule has 1 aliphatic heterocycles. The predicted octanol–water partition coefficient (Wildman–Crippen LogP) is 0.162. The van der Waals surface area contributed by atoms with E-state index < -0.39 is 0 Å². The molecule has 1 aliphatic rings. The summed E-state index contributed by atoms with van der Waals surface area (Å²) in [6.45, 7) is 3.09. The van der Waals surface area contributed by atoms with E-state index in [-0.39, 0.29) is 24.5 Å². The molecule has 1 saturated heterocycles. The first kappa shape index (κ1) is 13.7. The number of aliphatic hydroxyl groups is 1. The first-order valence-electron chi connectivity index (χ1n) is 6.91. The van der Waals surface area contributed by atoms with Crippen LogP contribution in [0.2, 0.25) is 0 Å². The number of rotatable bonds is 3. The van der Waals surface area contributed by atoms with Gasteiger partial charge in [-0.15, -0.1) is 10.2 Å². The van der Waals surface area contributed by atoms with Crippen molar-refractivity contribution in [3.8, 4) is 11.6 Å². The lowest BCUT2D eigenvalue weighted by molar-refractivity contribution is -0.135. The Hall–Kier alpha value is -2.22. The van der Waals surface area contributed by atoms with Crippen molar-refractivity contribution in [2.24, 2.45) is 5.92 Å². The van der Waals surface area contributed by atoms with Gasteiger partial charge in [0.1, 0.15) is 6.54 Å². The van der Waals surface area contributed by atoms with Crippen LogP contribution in [0.1, 0.15) is 13.3 Å². The Morgan fingerprint density at radius 2 is 2.43 bits per heavy atom. The highest BCUT2D eigenvalue weighted by atomic mass is 16.3. The molecule has 3 rings (SSSR count). The summed E-state index contributed by atoms with van der Waals surface area (Å²) in [5, 5.41) is 21.5. The van der Waals surface area contributed by atoms with Gasteiger partial charge in [0.15, 0.2) is 5.76 Å². The molecular formula is C13H17N5O3. The van der Waals surface area contributed by atoms with Crippen LogP contribution < -0.4 is 0 Å². The number of piperidine rings is 1. The summed E-state index contributed by atoms with van der Waals surface area (Å²) in [6.07, 6.45) is 1.81. The van der Waals surface area contributed by atoms with E-state index in [0.717, 1.165) is 0 Å². The lowest BCUT2D eigenvalue weighted by atomic mass is 9.97.